The Labute approximate surface area is 344 Å². The molecule has 1 N–H and O–H groups in total. The molecule has 5 aromatic carbocycles. The first-order chi connectivity index (χ1) is 27.0. The van der Waals surface area contributed by atoms with Gasteiger partial charge in [-0.15, -0.1) is 23.1 Å². The average molecular weight is 893 g/mol. The van der Waals surface area contributed by atoms with Gasteiger partial charge in [-0.2, -0.15) is 0 Å². The lowest BCUT2D eigenvalue weighted by molar-refractivity contribution is -0.154. The average Bonchev–Trinajstić information content (AvgIpc) is 3.76. The summed E-state index contributed by atoms with van der Waals surface area (Å²) in [6.07, 6.45) is -0.369. The molecule has 3 heterocycles. The fraction of sp³-hybridized carbons (Fsp3) is 0.133. The smallest absolute Gasteiger partial charge is 0.356 e. The molecule has 6 aromatic rings. The van der Waals surface area contributed by atoms with E-state index in [4.69, 9.17) is 4.74 Å². The number of esters is 1. The van der Waals surface area contributed by atoms with E-state index in [-0.39, 0.29) is 23.6 Å². The van der Waals surface area contributed by atoms with Gasteiger partial charge in [0, 0.05) is 15.1 Å². The standard InChI is InChI=1S/C27H23IN2O4S2.C18H15P/c28-15-19-16-36-26-22(29-21(31)14-20-12-7-13-35-20)25(32)30(26)23(19)27(33)34-24(17-8-3-1-4-9-17)18-10-5-2-6-11-18;1-4-10-16(11-5-1)19(17-12-6-2-7-13-17)18-14-8-3-9-15-18/h1-13,22,24,26H,14-16H2,(H,29,31);1-15H/t22-,26-;/m1./s1. The molecule has 0 radical (unpaired) electrons. The van der Waals surface area contributed by atoms with Crippen molar-refractivity contribution in [3.8, 4) is 0 Å². The van der Waals surface area contributed by atoms with Gasteiger partial charge in [0.2, 0.25) is 5.91 Å². The van der Waals surface area contributed by atoms with Crippen LogP contribution < -0.4 is 21.2 Å². The summed E-state index contributed by atoms with van der Waals surface area (Å²) in [6, 6.07) is 54.6. The van der Waals surface area contributed by atoms with Crippen molar-refractivity contribution in [1.82, 2.24) is 10.2 Å². The van der Waals surface area contributed by atoms with Crippen LogP contribution in [0, 0.1) is 0 Å². The van der Waals surface area contributed by atoms with Gasteiger partial charge in [-0.1, -0.05) is 180 Å². The summed E-state index contributed by atoms with van der Waals surface area (Å²) in [6.45, 7) is 0. The van der Waals surface area contributed by atoms with Crippen LogP contribution in [-0.4, -0.2) is 44.3 Å². The highest BCUT2D eigenvalue weighted by Gasteiger charge is 2.54. The molecule has 2 aliphatic rings. The van der Waals surface area contributed by atoms with Crippen molar-refractivity contribution in [3.05, 3.63) is 196 Å². The normalized spacial score (nSPS) is 16.1. The summed E-state index contributed by atoms with van der Waals surface area (Å²) < 4.78 is 6.69. The lowest BCUT2D eigenvalue weighted by Crippen LogP contribution is -2.70. The Hall–Kier alpha value is -4.54. The van der Waals surface area contributed by atoms with Crippen molar-refractivity contribution < 1.29 is 19.1 Å². The van der Waals surface area contributed by atoms with Gasteiger partial charge in [0.1, 0.15) is 17.1 Å². The van der Waals surface area contributed by atoms with Gasteiger partial charge in [0.05, 0.1) is 6.42 Å². The number of nitrogens with zero attached hydrogens (tertiary/aromatic N) is 1. The Morgan fingerprint density at radius 2 is 1.22 bits per heavy atom. The highest BCUT2D eigenvalue weighted by molar-refractivity contribution is 14.1. The molecule has 10 heteroatoms. The van der Waals surface area contributed by atoms with Crippen LogP contribution in [0.2, 0.25) is 0 Å². The molecule has 2 atom stereocenters. The summed E-state index contributed by atoms with van der Waals surface area (Å²) in [5, 5.41) is 8.65. The van der Waals surface area contributed by atoms with Crippen LogP contribution in [0.25, 0.3) is 0 Å². The second kappa shape index (κ2) is 18.9. The lowest BCUT2D eigenvalue weighted by atomic mass is 10.0. The second-order valence-corrected chi connectivity index (χ2v) is 17.9. The number of carbonyl (C=O) groups is 3. The molecular weight excluding hydrogens is 855 g/mol. The van der Waals surface area contributed by atoms with Crippen molar-refractivity contribution in [2.24, 2.45) is 0 Å². The minimum Gasteiger partial charge on any atom is -0.448 e. The Morgan fingerprint density at radius 1 is 0.727 bits per heavy atom. The molecular formula is C45H38IN2O4PS2. The quantitative estimate of drug-likeness (QED) is 0.0468. The Morgan fingerprint density at radius 3 is 1.67 bits per heavy atom. The Bertz CT molecular complexity index is 2080. The van der Waals surface area contributed by atoms with E-state index in [1.54, 1.807) is 11.8 Å². The van der Waals surface area contributed by atoms with Gasteiger partial charge in [-0.05, 0) is 52.0 Å². The second-order valence-electron chi connectivity index (χ2n) is 12.7. The maximum absolute atomic E-state index is 13.6. The summed E-state index contributed by atoms with van der Waals surface area (Å²) in [5.41, 5.74) is 2.87. The fourth-order valence-electron chi connectivity index (χ4n) is 6.50. The van der Waals surface area contributed by atoms with Crippen LogP contribution >= 0.6 is 53.6 Å². The first-order valence-corrected chi connectivity index (χ1v) is 22.6. The molecule has 0 spiro atoms. The van der Waals surface area contributed by atoms with Gasteiger partial charge in [0.15, 0.2) is 6.10 Å². The van der Waals surface area contributed by atoms with Crippen LogP contribution in [0.15, 0.2) is 180 Å². The summed E-state index contributed by atoms with van der Waals surface area (Å²) in [7, 11) is -0.446. The van der Waals surface area contributed by atoms with Crippen molar-refractivity contribution in [2.45, 2.75) is 23.9 Å². The van der Waals surface area contributed by atoms with Crippen LogP contribution in [0.4, 0.5) is 0 Å². The van der Waals surface area contributed by atoms with E-state index in [0.717, 1.165) is 21.6 Å². The number of halogens is 1. The molecule has 1 fully saturated rings. The highest BCUT2D eigenvalue weighted by atomic mass is 127. The number of thioether (sulfide) groups is 1. The molecule has 8 rings (SSSR count). The molecule has 1 saturated heterocycles. The number of rotatable bonds is 11. The third kappa shape index (κ3) is 9.30. The van der Waals surface area contributed by atoms with Gasteiger partial charge >= 0.3 is 5.97 Å². The predicted molar refractivity (Wildman–Crippen MR) is 235 cm³/mol. The molecule has 0 unspecified atom stereocenters. The number of alkyl halides is 1. The third-order valence-electron chi connectivity index (χ3n) is 9.11. The number of fused-ring (bicyclic) bond motifs is 1. The fourth-order valence-corrected chi connectivity index (χ4v) is 11.8. The van der Waals surface area contributed by atoms with E-state index >= 15 is 0 Å². The van der Waals surface area contributed by atoms with Crippen molar-refractivity contribution in [1.29, 1.82) is 0 Å². The number of thiophene rings is 1. The number of ether oxygens (including phenoxy) is 1. The molecule has 1 aromatic heterocycles. The maximum Gasteiger partial charge on any atom is 0.356 e. The first kappa shape index (κ1) is 38.7. The van der Waals surface area contributed by atoms with Crippen LogP contribution in [0.3, 0.4) is 0 Å². The third-order valence-corrected chi connectivity index (χ3v) is 14.7. The van der Waals surface area contributed by atoms with Crippen LogP contribution in [0.5, 0.6) is 0 Å². The number of β-lactam (4-membered cyclic amide) rings is 1. The van der Waals surface area contributed by atoms with E-state index in [1.165, 1.54) is 32.2 Å². The van der Waals surface area contributed by atoms with Gasteiger partial charge < -0.3 is 10.1 Å². The maximum atomic E-state index is 13.6. The van der Waals surface area contributed by atoms with E-state index in [0.29, 0.717) is 15.9 Å². The van der Waals surface area contributed by atoms with Gasteiger partial charge in [0.25, 0.3) is 5.91 Å². The number of hydrogen-bond donors (Lipinski definition) is 1. The number of nitrogens with one attached hydrogen (secondary N) is 1. The Kier molecular flexibility index (Phi) is 13.3. The number of amides is 2. The van der Waals surface area contributed by atoms with Crippen molar-refractivity contribution >= 4 is 87.3 Å². The van der Waals surface area contributed by atoms with E-state index < -0.39 is 26.0 Å². The predicted octanol–water partition coefficient (Wildman–Crippen LogP) is 8.16. The minimum atomic E-state index is -0.653. The zero-order valence-corrected chi connectivity index (χ0v) is 34.4. The molecule has 0 aliphatic carbocycles. The Balaban J connectivity index is 0.000000205. The summed E-state index contributed by atoms with van der Waals surface area (Å²) in [5.74, 6) is -0.407. The monoisotopic (exact) mass is 892 g/mol. The highest BCUT2D eigenvalue weighted by Crippen LogP contribution is 2.42. The topological polar surface area (TPSA) is 75.7 Å². The zero-order valence-electron chi connectivity index (χ0n) is 29.7. The molecule has 0 saturated carbocycles. The lowest BCUT2D eigenvalue weighted by Gasteiger charge is -2.49. The summed E-state index contributed by atoms with van der Waals surface area (Å²) >= 11 is 5.28. The van der Waals surface area contributed by atoms with Crippen LogP contribution in [0.1, 0.15) is 22.1 Å². The SMILES string of the molecule is O=C(Cc1cccs1)N[C@@H]1C(=O)N2C(C(=O)OC(c3ccccc3)c3ccccc3)=C(CI)CS[C@H]12.c1ccc(P(c2ccccc2)c2ccccc2)cc1. The zero-order chi connectivity index (χ0) is 38.0. The molecule has 6 nitrogen and oxygen atoms in total. The first-order valence-electron chi connectivity index (χ1n) is 17.8. The van der Waals surface area contributed by atoms with Crippen molar-refractivity contribution in [2.75, 3.05) is 10.2 Å². The number of benzene rings is 5. The van der Waals surface area contributed by atoms with Crippen LogP contribution in [-0.2, 0) is 25.5 Å². The summed E-state index contributed by atoms with van der Waals surface area (Å²) in [4.78, 5) is 41.8. The number of carbonyl (C=O) groups excluding carboxylic acids is 3. The van der Waals surface area contributed by atoms with Gasteiger partial charge in [-0.3, -0.25) is 14.5 Å². The van der Waals surface area contributed by atoms with Crippen molar-refractivity contribution in [3.63, 3.8) is 0 Å². The molecule has 55 heavy (non-hydrogen) atoms. The van der Waals surface area contributed by atoms with E-state index in [9.17, 15) is 14.4 Å². The number of hydrogen-bond acceptors (Lipinski definition) is 6. The van der Waals surface area contributed by atoms with E-state index in [2.05, 4.69) is 119 Å². The van der Waals surface area contributed by atoms with E-state index in [1.807, 2.05) is 78.2 Å². The molecule has 2 amide bonds. The minimum absolute atomic E-state index is 0.197. The molecule has 2 aliphatic heterocycles. The molecule has 276 valence electrons. The van der Waals surface area contributed by atoms with Gasteiger partial charge in [-0.25, -0.2) is 4.79 Å². The molecule has 0 bridgehead atoms. The largest absolute Gasteiger partial charge is 0.448 e.